The summed E-state index contributed by atoms with van der Waals surface area (Å²) in [5, 5.41) is 3.45. The zero-order valence-corrected chi connectivity index (χ0v) is 12.5. The third kappa shape index (κ3) is 3.44. The van der Waals surface area contributed by atoms with Crippen molar-refractivity contribution in [1.29, 1.82) is 0 Å². The van der Waals surface area contributed by atoms with Crippen LogP contribution in [0.1, 0.15) is 37.7 Å². The number of nitrogens with one attached hydrogen (secondary N) is 1. The van der Waals surface area contributed by atoms with Gasteiger partial charge in [0, 0.05) is 6.54 Å². The van der Waals surface area contributed by atoms with Crippen molar-refractivity contribution in [3.63, 3.8) is 0 Å². The maximum atomic E-state index is 12.2. The Morgan fingerprint density at radius 1 is 1.40 bits per heavy atom. The fraction of sp³-hybridized carbons (Fsp3) is 0.533. The molecule has 0 aliphatic heterocycles. The molecule has 0 bridgehead atoms. The third-order valence-electron chi connectivity index (χ3n) is 3.87. The second-order valence-electron chi connectivity index (χ2n) is 5.37. The molecule has 0 atom stereocenters. The van der Waals surface area contributed by atoms with Crippen LogP contribution < -0.4 is 15.8 Å². The van der Waals surface area contributed by atoms with Gasteiger partial charge in [0.1, 0.15) is 5.75 Å². The first-order chi connectivity index (χ1) is 9.55. The molecule has 1 aromatic rings. The van der Waals surface area contributed by atoms with E-state index in [9.17, 15) is 4.79 Å². The molecule has 1 saturated carbocycles. The number of ether oxygens (including phenoxy) is 1. The summed E-state index contributed by atoms with van der Waals surface area (Å²) in [4.78, 5) is 12.2. The van der Waals surface area contributed by atoms with Crippen LogP contribution in [0.2, 0.25) is 5.02 Å². The molecule has 1 aliphatic rings. The van der Waals surface area contributed by atoms with Crippen LogP contribution in [0.4, 0.5) is 0 Å². The van der Waals surface area contributed by atoms with Crippen molar-refractivity contribution < 1.29 is 9.53 Å². The first kappa shape index (κ1) is 15.1. The van der Waals surface area contributed by atoms with Crippen molar-refractivity contribution in [1.82, 2.24) is 5.32 Å². The number of carbonyl (C=O) groups excluding carboxylic acids is 1. The summed E-state index contributed by atoms with van der Waals surface area (Å²) in [5.74, 6) is 0.563. The van der Waals surface area contributed by atoms with Gasteiger partial charge in [-0.3, -0.25) is 4.79 Å². The van der Waals surface area contributed by atoms with E-state index in [-0.39, 0.29) is 5.91 Å². The molecule has 1 amide bonds. The number of carbonyl (C=O) groups is 1. The molecule has 0 spiro atoms. The molecule has 1 aliphatic carbocycles. The van der Waals surface area contributed by atoms with E-state index in [0.717, 1.165) is 31.2 Å². The van der Waals surface area contributed by atoms with Gasteiger partial charge < -0.3 is 15.8 Å². The van der Waals surface area contributed by atoms with E-state index in [1.54, 1.807) is 19.2 Å². The lowest BCUT2D eigenvalue weighted by Crippen LogP contribution is -2.54. The normalized spacial score (nSPS) is 17.6. The predicted molar refractivity (Wildman–Crippen MR) is 79.9 cm³/mol. The maximum absolute atomic E-state index is 12.2. The van der Waals surface area contributed by atoms with Gasteiger partial charge in [0.25, 0.3) is 0 Å². The van der Waals surface area contributed by atoms with Gasteiger partial charge in [-0.1, -0.05) is 36.9 Å². The van der Waals surface area contributed by atoms with Crippen molar-refractivity contribution in [3.05, 3.63) is 28.8 Å². The first-order valence-electron chi connectivity index (χ1n) is 6.95. The minimum Gasteiger partial charge on any atom is -0.495 e. The van der Waals surface area contributed by atoms with Crippen LogP contribution in [0.5, 0.6) is 5.75 Å². The fourth-order valence-corrected chi connectivity index (χ4v) is 2.87. The largest absolute Gasteiger partial charge is 0.495 e. The smallest absolute Gasteiger partial charge is 0.240 e. The monoisotopic (exact) mass is 296 g/mol. The minimum absolute atomic E-state index is 0.0656. The molecule has 0 heterocycles. The van der Waals surface area contributed by atoms with Gasteiger partial charge in [0.2, 0.25) is 5.91 Å². The molecule has 0 radical (unpaired) electrons. The van der Waals surface area contributed by atoms with E-state index in [1.807, 2.05) is 6.07 Å². The van der Waals surface area contributed by atoms with Crippen molar-refractivity contribution >= 4 is 17.5 Å². The molecule has 4 nitrogen and oxygen atoms in total. The summed E-state index contributed by atoms with van der Waals surface area (Å²) in [5.41, 5.74) is 6.42. The minimum atomic E-state index is -0.700. The van der Waals surface area contributed by atoms with Gasteiger partial charge in [0.15, 0.2) is 0 Å². The lowest BCUT2D eigenvalue weighted by atomic mass is 9.82. The summed E-state index contributed by atoms with van der Waals surface area (Å²) >= 11 is 6.06. The molecular formula is C15H21ClN2O2. The van der Waals surface area contributed by atoms with Gasteiger partial charge in [-0.15, -0.1) is 0 Å². The highest BCUT2D eigenvalue weighted by Crippen LogP contribution is 2.27. The van der Waals surface area contributed by atoms with Crippen LogP contribution >= 0.6 is 11.6 Å². The van der Waals surface area contributed by atoms with Gasteiger partial charge in [-0.05, 0) is 30.5 Å². The molecule has 2 rings (SSSR count). The average molecular weight is 297 g/mol. The topological polar surface area (TPSA) is 64.3 Å². The zero-order valence-electron chi connectivity index (χ0n) is 11.7. The van der Waals surface area contributed by atoms with Crippen LogP contribution in [0, 0.1) is 0 Å². The number of methoxy groups -OCH3 is 1. The summed E-state index contributed by atoms with van der Waals surface area (Å²) in [7, 11) is 1.57. The molecule has 0 saturated heterocycles. The summed E-state index contributed by atoms with van der Waals surface area (Å²) < 4.78 is 5.10. The van der Waals surface area contributed by atoms with Crippen molar-refractivity contribution in [3.8, 4) is 5.75 Å². The molecular weight excluding hydrogens is 276 g/mol. The first-order valence-corrected chi connectivity index (χ1v) is 7.32. The average Bonchev–Trinajstić information content (AvgIpc) is 2.45. The molecule has 110 valence electrons. The highest BCUT2D eigenvalue weighted by Gasteiger charge is 2.34. The quantitative estimate of drug-likeness (QED) is 0.898. The van der Waals surface area contributed by atoms with Gasteiger partial charge in [0.05, 0.1) is 17.7 Å². The second-order valence-corrected chi connectivity index (χ2v) is 5.78. The number of hydrogen-bond donors (Lipinski definition) is 2. The van der Waals surface area contributed by atoms with E-state index in [4.69, 9.17) is 22.1 Å². The fourth-order valence-electron chi connectivity index (χ4n) is 2.59. The number of hydrogen-bond acceptors (Lipinski definition) is 3. The maximum Gasteiger partial charge on any atom is 0.240 e. The Morgan fingerprint density at radius 2 is 2.10 bits per heavy atom. The molecule has 1 aromatic carbocycles. The summed E-state index contributed by atoms with van der Waals surface area (Å²) in [6, 6.07) is 5.47. The Kier molecular flexibility index (Phi) is 4.89. The van der Waals surface area contributed by atoms with E-state index >= 15 is 0 Å². The SMILES string of the molecule is COc1ccc(CNC(=O)C2(N)CCCCC2)cc1Cl. The van der Waals surface area contributed by atoms with Crippen LogP contribution in [0.25, 0.3) is 0 Å². The third-order valence-corrected chi connectivity index (χ3v) is 4.16. The van der Waals surface area contributed by atoms with Crippen LogP contribution in [-0.2, 0) is 11.3 Å². The van der Waals surface area contributed by atoms with Gasteiger partial charge in [-0.2, -0.15) is 0 Å². The standard InChI is InChI=1S/C15H21ClN2O2/c1-20-13-6-5-11(9-12(13)16)10-18-14(19)15(17)7-3-2-4-8-15/h5-6,9H,2-4,7-8,10,17H2,1H3,(H,18,19). The van der Waals surface area contributed by atoms with E-state index < -0.39 is 5.54 Å². The molecule has 5 heteroatoms. The summed E-state index contributed by atoms with van der Waals surface area (Å²) in [6.45, 7) is 0.432. The highest BCUT2D eigenvalue weighted by molar-refractivity contribution is 6.32. The molecule has 0 aromatic heterocycles. The van der Waals surface area contributed by atoms with Crippen molar-refractivity contribution in [2.24, 2.45) is 5.73 Å². The Morgan fingerprint density at radius 3 is 2.70 bits per heavy atom. The number of rotatable bonds is 4. The van der Waals surface area contributed by atoms with Crippen molar-refractivity contribution in [2.45, 2.75) is 44.2 Å². The van der Waals surface area contributed by atoms with Crippen molar-refractivity contribution in [2.75, 3.05) is 7.11 Å². The van der Waals surface area contributed by atoms with E-state index in [2.05, 4.69) is 5.32 Å². The Bertz CT molecular complexity index is 485. The number of nitrogens with two attached hydrogens (primary N) is 1. The lowest BCUT2D eigenvalue weighted by molar-refractivity contribution is -0.127. The number of amides is 1. The predicted octanol–water partition coefficient (Wildman–Crippen LogP) is 2.63. The van der Waals surface area contributed by atoms with E-state index in [0.29, 0.717) is 17.3 Å². The van der Waals surface area contributed by atoms with E-state index in [1.165, 1.54) is 6.42 Å². The Labute approximate surface area is 124 Å². The molecule has 20 heavy (non-hydrogen) atoms. The Hall–Kier alpha value is -1.26. The lowest BCUT2D eigenvalue weighted by Gasteiger charge is -2.31. The summed E-state index contributed by atoms with van der Waals surface area (Å²) in [6.07, 6.45) is 4.75. The van der Waals surface area contributed by atoms with Gasteiger partial charge in [-0.25, -0.2) is 0 Å². The van der Waals surface area contributed by atoms with Crippen LogP contribution in [0.3, 0.4) is 0 Å². The molecule has 0 unspecified atom stereocenters. The Balaban J connectivity index is 1.94. The number of halogens is 1. The second kappa shape index (κ2) is 6.46. The van der Waals surface area contributed by atoms with Crippen LogP contribution in [0.15, 0.2) is 18.2 Å². The number of benzene rings is 1. The molecule has 3 N–H and O–H groups in total. The zero-order chi connectivity index (χ0) is 14.6. The highest BCUT2D eigenvalue weighted by atomic mass is 35.5. The van der Waals surface area contributed by atoms with Gasteiger partial charge >= 0.3 is 0 Å². The van der Waals surface area contributed by atoms with Crippen LogP contribution in [-0.4, -0.2) is 18.6 Å². The molecule has 1 fully saturated rings.